The van der Waals surface area contributed by atoms with Gasteiger partial charge in [0.1, 0.15) is 5.82 Å². The van der Waals surface area contributed by atoms with Gasteiger partial charge in [-0.1, -0.05) is 13.3 Å². The van der Waals surface area contributed by atoms with E-state index < -0.39 is 0 Å². The normalized spacial score (nSPS) is 26.6. The summed E-state index contributed by atoms with van der Waals surface area (Å²) in [4.78, 5) is 19.4. The van der Waals surface area contributed by atoms with Crippen LogP contribution >= 0.6 is 24.8 Å². The van der Waals surface area contributed by atoms with Crippen LogP contribution in [0, 0.1) is 11.8 Å². The highest BCUT2D eigenvalue weighted by Crippen LogP contribution is 2.34. The highest BCUT2D eigenvalue weighted by molar-refractivity contribution is 5.85. The first-order valence-electron chi connectivity index (χ1n) is 8.75. The number of carbonyl (C=O) groups is 1. The van der Waals surface area contributed by atoms with Crippen molar-refractivity contribution in [3.05, 3.63) is 18.2 Å². The van der Waals surface area contributed by atoms with Gasteiger partial charge >= 0.3 is 0 Å². The topological polar surface area (TPSA) is 64.2 Å². The summed E-state index contributed by atoms with van der Waals surface area (Å²) < 4.78 is 2.27. The first-order chi connectivity index (χ1) is 10.7. The molecule has 2 N–H and O–H groups in total. The van der Waals surface area contributed by atoms with Crippen molar-refractivity contribution in [2.45, 2.75) is 51.5 Å². The number of rotatable bonds is 4. The average molecular weight is 377 g/mol. The number of hydrogen-bond acceptors (Lipinski definition) is 3. The quantitative estimate of drug-likeness (QED) is 0.878. The van der Waals surface area contributed by atoms with Crippen LogP contribution in [-0.2, 0) is 11.2 Å². The zero-order valence-corrected chi connectivity index (χ0v) is 16.0. The molecule has 0 bridgehead atoms. The van der Waals surface area contributed by atoms with Crippen molar-refractivity contribution in [1.29, 1.82) is 0 Å². The number of carbonyl (C=O) groups excluding carboxylic acids is 1. The first-order valence-corrected chi connectivity index (χ1v) is 8.75. The summed E-state index contributed by atoms with van der Waals surface area (Å²) in [6.07, 6.45) is 10.4. The maximum Gasteiger partial charge on any atom is 0.226 e. The third-order valence-electron chi connectivity index (χ3n) is 5.45. The van der Waals surface area contributed by atoms with Crippen LogP contribution in [-0.4, -0.2) is 40.0 Å². The van der Waals surface area contributed by atoms with Crippen molar-refractivity contribution in [1.82, 2.24) is 14.5 Å². The smallest absolute Gasteiger partial charge is 0.226 e. The predicted molar refractivity (Wildman–Crippen MR) is 101 cm³/mol. The van der Waals surface area contributed by atoms with E-state index in [0.717, 1.165) is 57.4 Å². The number of hydrogen-bond donors (Lipinski definition) is 1. The van der Waals surface area contributed by atoms with Crippen LogP contribution in [0.5, 0.6) is 0 Å². The van der Waals surface area contributed by atoms with E-state index in [4.69, 9.17) is 5.73 Å². The fourth-order valence-corrected chi connectivity index (χ4v) is 4.21. The monoisotopic (exact) mass is 376 g/mol. The third kappa shape index (κ3) is 4.24. The second kappa shape index (κ2) is 9.64. The van der Waals surface area contributed by atoms with Crippen molar-refractivity contribution in [3.8, 4) is 0 Å². The Bertz CT molecular complexity index is 522. The Labute approximate surface area is 157 Å². The van der Waals surface area contributed by atoms with Gasteiger partial charge in [-0.25, -0.2) is 4.98 Å². The molecule has 1 saturated heterocycles. The molecule has 1 aliphatic heterocycles. The Hall–Kier alpha value is -0.780. The first kappa shape index (κ1) is 21.3. The predicted octanol–water partition coefficient (Wildman–Crippen LogP) is 2.83. The summed E-state index contributed by atoms with van der Waals surface area (Å²) in [6, 6.07) is 0.382. The molecule has 3 rings (SSSR count). The molecule has 1 aromatic rings. The highest BCUT2D eigenvalue weighted by Gasteiger charge is 2.36. The van der Waals surface area contributed by atoms with Crippen molar-refractivity contribution in [3.63, 3.8) is 0 Å². The van der Waals surface area contributed by atoms with E-state index in [-0.39, 0.29) is 30.7 Å². The second-order valence-electron chi connectivity index (χ2n) is 6.72. The number of aromatic nitrogens is 2. The Balaban J connectivity index is 0.00000144. The minimum atomic E-state index is 0. The minimum Gasteiger partial charge on any atom is -0.340 e. The lowest BCUT2D eigenvalue weighted by Crippen LogP contribution is -2.45. The fourth-order valence-electron chi connectivity index (χ4n) is 4.21. The van der Waals surface area contributed by atoms with Gasteiger partial charge in [-0.15, -0.1) is 24.8 Å². The van der Waals surface area contributed by atoms with Gasteiger partial charge in [-0.2, -0.15) is 0 Å². The molecular weight excluding hydrogens is 347 g/mol. The lowest BCUT2D eigenvalue weighted by molar-refractivity contribution is -0.138. The van der Waals surface area contributed by atoms with Crippen LogP contribution in [0.3, 0.4) is 0 Å². The van der Waals surface area contributed by atoms with Crippen LogP contribution in [0.2, 0.25) is 0 Å². The SMILES string of the molecule is CCc1nccn1C1CCCN(C(=O)[C@@H]2CCC[C@@H]2CN)C1.Cl.Cl. The number of nitrogens with zero attached hydrogens (tertiary/aromatic N) is 3. The summed E-state index contributed by atoms with van der Waals surface area (Å²) in [7, 11) is 0. The molecule has 24 heavy (non-hydrogen) atoms. The largest absolute Gasteiger partial charge is 0.340 e. The van der Waals surface area contributed by atoms with E-state index >= 15 is 0 Å². The summed E-state index contributed by atoms with van der Waals surface area (Å²) >= 11 is 0. The molecule has 7 heteroatoms. The standard InChI is InChI=1S/C17H28N4O.2ClH/c1-2-16-19-8-10-21(16)14-6-4-9-20(12-14)17(22)15-7-3-5-13(15)11-18;;/h8,10,13-15H,2-7,9,11-12,18H2,1H3;2*1H/t13-,14?,15-;;/m1../s1. The molecule has 1 aromatic heterocycles. The molecule has 0 aromatic carbocycles. The molecule has 2 heterocycles. The molecule has 0 radical (unpaired) electrons. The van der Waals surface area contributed by atoms with Crippen molar-refractivity contribution in [2.24, 2.45) is 17.6 Å². The molecule has 1 aliphatic carbocycles. The molecule has 2 aliphatic rings. The minimum absolute atomic E-state index is 0. The number of piperidine rings is 1. The van der Waals surface area contributed by atoms with Crippen LogP contribution in [0.15, 0.2) is 12.4 Å². The Kier molecular flexibility index (Phi) is 8.54. The van der Waals surface area contributed by atoms with Crippen molar-refractivity contribution < 1.29 is 4.79 Å². The van der Waals surface area contributed by atoms with E-state index in [1.165, 1.54) is 0 Å². The van der Waals surface area contributed by atoms with Crippen LogP contribution in [0.1, 0.15) is 50.9 Å². The van der Waals surface area contributed by atoms with Crippen LogP contribution in [0.25, 0.3) is 0 Å². The van der Waals surface area contributed by atoms with Gasteiger partial charge in [0.25, 0.3) is 0 Å². The molecule has 138 valence electrons. The zero-order chi connectivity index (χ0) is 15.5. The molecule has 2 fully saturated rings. The van der Waals surface area contributed by atoms with Gasteiger partial charge in [-0.05, 0) is 38.1 Å². The van der Waals surface area contributed by atoms with E-state index in [0.29, 0.717) is 24.4 Å². The van der Waals surface area contributed by atoms with Gasteiger partial charge in [0, 0.05) is 37.8 Å². The molecule has 3 atom stereocenters. The number of imidazole rings is 1. The Morgan fingerprint density at radius 2 is 2.08 bits per heavy atom. The Morgan fingerprint density at radius 1 is 1.29 bits per heavy atom. The molecule has 0 spiro atoms. The lowest BCUT2D eigenvalue weighted by Gasteiger charge is -2.36. The summed E-state index contributed by atoms with van der Waals surface area (Å²) in [5.41, 5.74) is 5.85. The van der Waals surface area contributed by atoms with Gasteiger partial charge in [0.2, 0.25) is 5.91 Å². The molecule has 5 nitrogen and oxygen atoms in total. The van der Waals surface area contributed by atoms with Gasteiger partial charge in [-0.3, -0.25) is 4.79 Å². The number of nitrogens with two attached hydrogens (primary N) is 1. The van der Waals surface area contributed by atoms with E-state index in [1.54, 1.807) is 0 Å². The van der Waals surface area contributed by atoms with E-state index in [2.05, 4.69) is 27.6 Å². The molecule has 1 unspecified atom stereocenters. The van der Waals surface area contributed by atoms with Crippen LogP contribution in [0.4, 0.5) is 0 Å². The second-order valence-corrected chi connectivity index (χ2v) is 6.72. The van der Waals surface area contributed by atoms with Gasteiger partial charge in [0.05, 0.1) is 6.04 Å². The number of amides is 1. The molecule has 1 amide bonds. The van der Waals surface area contributed by atoms with Crippen LogP contribution < -0.4 is 5.73 Å². The molecule has 1 saturated carbocycles. The van der Waals surface area contributed by atoms with Gasteiger partial charge < -0.3 is 15.2 Å². The Morgan fingerprint density at radius 3 is 2.79 bits per heavy atom. The van der Waals surface area contributed by atoms with Crippen molar-refractivity contribution in [2.75, 3.05) is 19.6 Å². The van der Waals surface area contributed by atoms with Gasteiger partial charge in [0.15, 0.2) is 0 Å². The summed E-state index contributed by atoms with van der Waals surface area (Å²) in [6.45, 7) is 4.51. The van der Waals surface area contributed by atoms with Crippen molar-refractivity contribution >= 4 is 30.7 Å². The summed E-state index contributed by atoms with van der Waals surface area (Å²) in [5.74, 6) is 2.03. The maximum absolute atomic E-state index is 12.9. The third-order valence-corrected chi connectivity index (χ3v) is 5.45. The average Bonchev–Trinajstić information content (AvgIpc) is 3.22. The lowest BCUT2D eigenvalue weighted by atomic mass is 9.93. The number of halogens is 2. The zero-order valence-electron chi connectivity index (χ0n) is 14.4. The van der Waals surface area contributed by atoms with E-state index in [9.17, 15) is 4.79 Å². The highest BCUT2D eigenvalue weighted by atomic mass is 35.5. The number of aryl methyl sites for hydroxylation is 1. The van der Waals surface area contributed by atoms with E-state index in [1.807, 2.05) is 6.20 Å². The summed E-state index contributed by atoms with van der Waals surface area (Å²) in [5, 5.41) is 0. The number of likely N-dealkylation sites (tertiary alicyclic amines) is 1. The molecular formula is C17H30Cl2N4O. The maximum atomic E-state index is 12.9. The fraction of sp³-hybridized carbons (Fsp3) is 0.765.